The summed E-state index contributed by atoms with van der Waals surface area (Å²) in [5, 5.41) is 0. The van der Waals surface area contributed by atoms with Crippen LogP contribution in [0, 0.1) is 13.8 Å². The molecule has 5 heteroatoms. The van der Waals surface area contributed by atoms with Crippen molar-refractivity contribution in [2.45, 2.75) is 39.9 Å². The summed E-state index contributed by atoms with van der Waals surface area (Å²) in [5.74, 6) is 2.02. The first-order chi connectivity index (χ1) is 11.2. The van der Waals surface area contributed by atoms with Crippen LogP contribution in [0.3, 0.4) is 0 Å². The van der Waals surface area contributed by atoms with Gasteiger partial charge >= 0.3 is 0 Å². The van der Waals surface area contributed by atoms with E-state index < -0.39 is 0 Å². The largest absolute Gasteiger partial charge is 0.465 e. The molecule has 0 saturated heterocycles. The predicted molar refractivity (Wildman–Crippen MR) is 93.5 cm³/mol. The average Bonchev–Trinajstić information content (AvgIpc) is 3.23. The van der Waals surface area contributed by atoms with Crippen molar-refractivity contribution < 1.29 is 4.42 Å². The SMILES string of the molecule is Cc1ccc(CN(CCCn2ccnc2)Cc2ccc(C)s2)o1. The van der Waals surface area contributed by atoms with E-state index in [1.165, 1.54) is 9.75 Å². The molecule has 0 atom stereocenters. The quantitative estimate of drug-likeness (QED) is 0.620. The number of furan rings is 1. The Labute approximate surface area is 141 Å². The third-order valence-corrected chi connectivity index (χ3v) is 4.79. The van der Waals surface area contributed by atoms with E-state index in [0.29, 0.717) is 0 Å². The summed E-state index contributed by atoms with van der Waals surface area (Å²) in [6.07, 6.45) is 6.82. The monoisotopic (exact) mass is 329 g/mol. The molecule has 0 saturated carbocycles. The van der Waals surface area contributed by atoms with Crippen molar-refractivity contribution in [2.24, 2.45) is 0 Å². The van der Waals surface area contributed by atoms with Gasteiger partial charge in [0.05, 0.1) is 12.9 Å². The van der Waals surface area contributed by atoms with E-state index in [1.54, 1.807) is 0 Å². The molecule has 23 heavy (non-hydrogen) atoms. The molecular weight excluding hydrogens is 306 g/mol. The molecule has 0 radical (unpaired) electrons. The Morgan fingerprint density at radius 1 is 1.17 bits per heavy atom. The summed E-state index contributed by atoms with van der Waals surface area (Å²) in [4.78, 5) is 9.33. The van der Waals surface area contributed by atoms with Crippen molar-refractivity contribution in [3.05, 3.63) is 64.3 Å². The molecule has 0 unspecified atom stereocenters. The maximum atomic E-state index is 5.76. The summed E-state index contributed by atoms with van der Waals surface area (Å²) in [5.41, 5.74) is 0. The van der Waals surface area contributed by atoms with Crippen LogP contribution in [0.1, 0.15) is 27.7 Å². The maximum Gasteiger partial charge on any atom is 0.118 e. The Kier molecular flexibility index (Phi) is 5.31. The van der Waals surface area contributed by atoms with Gasteiger partial charge in [-0.3, -0.25) is 4.90 Å². The topological polar surface area (TPSA) is 34.2 Å². The average molecular weight is 329 g/mol. The first kappa shape index (κ1) is 16.0. The lowest BCUT2D eigenvalue weighted by Crippen LogP contribution is -2.24. The van der Waals surface area contributed by atoms with Crippen LogP contribution in [0.5, 0.6) is 0 Å². The second kappa shape index (κ2) is 7.62. The number of hydrogen-bond acceptors (Lipinski definition) is 4. The van der Waals surface area contributed by atoms with Gasteiger partial charge in [-0.05, 0) is 44.5 Å². The number of aryl methyl sites for hydroxylation is 3. The summed E-state index contributed by atoms with van der Waals surface area (Å²) in [6, 6.07) is 8.54. The molecule has 0 bridgehead atoms. The third-order valence-electron chi connectivity index (χ3n) is 3.80. The molecule has 122 valence electrons. The molecule has 3 rings (SSSR count). The van der Waals surface area contributed by atoms with E-state index in [1.807, 2.05) is 43.0 Å². The van der Waals surface area contributed by atoms with Crippen LogP contribution in [0.15, 0.2) is 47.4 Å². The Morgan fingerprint density at radius 2 is 2.09 bits per heavy atom. The zero-order chi connectivity index (χ0) is 16.1. The predicted octanol–water partition coefficient (Wildman–Crippen LogP) is 4.25. The van der Waals surface area contributed by atoms with Gasteiger partial charge in [0.2, 0.25) is 0 Å². The van der Waals surface area contributed by atoms with E-state index in [2.05, 4.69) is 39.6 Å². The molecule has 0 aliphatic heterocycles. The maximum absolute atomic E-state index is 5.76. The minimum atomic E-state index is 0.856. The van der Waals surface area contributed by atoms with E-state index in [9.17, 15) is 0 Å². The summed E-state index contributed by atoms with van der Waals surface area (Å²) >= 11 is 1.88. The number of thiophene rings is 1. The third kappa shape index (κ3) is 4.81. The van der Waals surface area contributed by atoms with Crippen LogP contribution >= 0.6 is 11.3 Å². The van der Waals surface area contributed by atoms with Crippen molar-refractivity contribution >= 4 is 11.3 Å². The minimum Gasteiger partial charge on any atom is -0.465 e. The van der Waals surface area contributed by atoms with Crippen LogP contribution in [-0.4, -0.2) is 21.0 Å². The molecule has 4 nitrogen and oxygen atoms in total. The normalized spacial score (nSPS) is 11.4. The molecular formula is C18H23N3OS. The van der Waals surface area contributed by atoms with E-state index in [0.717, 1.165) is 44.1 Å². The van der Waals surface area contributed by atoms with Gasteiger partial charge in [-0.1, -0.05) is 0 Å². The van der Waals surface area contributed by atoms with Gasteiger partial charge in [-0.25, -0.2) is 4.98 Å². The van der Waals surface area contributed by atoms with E-state index >= 15 is 0 Å². The van der Waals surface area contributed by atoms with E-state index in [-0.39, 0.29) is 0 Å². The number of aromatic nitrogens is 2. The second-order valence-electron chi connectivity index (χ2n) is 5.89. The molecule has 0 aliphatic rings. The fraction of sp³-hybridized carbons (Fsp3) is 0.389. The molecule has 3 heterocycles. The summed E-state index contributed by atoms with van der Waals surface area (Å²) in [7, 11) is 0. The lowest BCUT2D eigenvalue weighted by Gasteiger charge is -2.20. The van der Waals surface area contributed by atoms with Gasteiger partial charge in [0.1, 0.15) is 11.5 Å². The zero-order valence-electron chi connectivity index (χ0n) is 13.7. The number of hydrogen-bond donors (Lipinski definition) is 0. The van der Waals surface area contributed by atoms with Gasteiger partial charge in [-0.2, -0.15) is 0 Å². The number of imidazole rings is 1. The van der Waals surface area contributed by atoms with Crippen molar-refractivity contribution in [3.8, 4) is 0 Å². The lowest BCUT2D eigenvalue weighted by molar-refractivity contribution is 0.229. The van der Waals surface area contributed by atoms with Gasteiger partial charge in [0.15, 0.2) is 0 Å². The van der Waals surface area contributed by atoms with Gasteiger partial charge in [-0.15, -0.1) is 11.3 Å². The first-order valence-electron chi connectivity index (χ1n) is 7.98. The van der Waals surface area contributed by atoms with Crippen molar-refractivity contribution in [1.29, 1.82) is 0 Å². The fourth-order valence-corrected chi connectivity index (χ4v) is 3.62. The molecule has 0 spiro atoms. The van der Waals surface area contributed by atoms with Crippen LogP contribution < -0.4 is 0 Å². The first-order valence-corrected chi connectivity index (χ1v) is 8.79. The standard InChI is InChI=1S/C18H23N3OS/c1-15-4-6-17(22-15)12-21(13-18-7-5-16(2)23-18)10-3-9-20-11-8-19-14-20/h4-8,11,14H,3,9-10,12-13H2,1-2H3. The molecule has 3 aromatic heterocycles. The van der Waals surface area contributed by atoms with Gasteiger partial charge < -0.3 is 8.98 Å². The molecule has 0 fully saturated rings. The van der Waals surface area contributed by atoms with Gasteiger partial charge in [0.25, 0.3) is 0 Å². The minimum absolute atomic E-state index is 0.856. The highest BCUT2D eigenvalue weighted by Crippen LogP contribution is 2.19. The van der Waals surface area contributed by atoms with Crippen LogP contribution in [-0.2, 0) is 19.6 Å². The highest BCUT2D eigenvalue weighted by molar-refractivity contribution is 7.11. The molecule has 0 aromatic carbocycles. The Balaban J connectivity index is 1.59. The fourth-order valence-electron chi connectivity index (χ4n) is 2.69. The molecule has 0 N–H and O–H groups in total. The molecule has 3 aromatic rings. The smallest absolute Gasteiger partial charge is 0.118 e. The van der Waals surface area contributed by atoms with Crippen molar-refractivity contribution in [3.63, 3.8) is 0 Å². The summed E-state index contributed by atoms with van der Waals surface area (Å²) in [6.45, 7) is 8.02. The van der Waals surface area contributed by atoms with Crippen molar-refractivity contribution in [2.75, 3.05) is 6.54 Å². The van der Waals surface area contributed by atoms with Gasteiger partial charge in [0, 0.05) is 41.8 Å². The lowest BCUT2D eigenvalue weighted by atomic mass is 10.3. The van der Waals surface area contributed by atoms with Crippen LogP contribution in [0.25, 0.3) is 0 Å². The van der Waals surface area contributed by atoms with E-state index in [4.69, 9.17) is 4.42 Å². The summed E-state index contributed by atoms with van der Waals surface area (Å²) < 4.78 is 7.89. The number of nitrogens with zero attached hydrogens (tertiary/aromatic N) is 3. The highest BCUT2D eigenvalue weighted by atomic mass is 32.1. The molecule has 0 amide bonds. The zero-order valence-corrected chi connectivity index (χ0v) is 14.6. The molecule has 0 aliphatic carbocycles. The second-order valence-corrected chi connectivity index (χ2v) is 7.26. The van der Waals surface area contributed by atoms with Crippen molar-refractivity contribution in [1.82, 2.24) is 14.5 Å². The van der Waals surface area contributed by atoms with Crippen LogP contribution in [0.4, 0.5) is 0 Å². The Bertz CT molecular complexity index is 672. The number of rotatable bonds is 8. The Morgan fingerprint density at radius 3 is 2.74 bits per heavy atom. The highest BCUT2D eigenvalue weighted by Gasteiger charge is 2.11. The Hall–Kier alpha value is -1.85. The van der Waals surface area contributed by atoms with Crippen LogP contribution in [0.2, 0.25) is 0 Å².